The molecule has 6 heteroatoms. The lowest BCUT2D eigenvalue weighted by atomic mass is 9.86. The Hall–Kier alpha value is -2.50. The number of ketones is 2. The molecule has 2 atom stereocenters. The van der Waals surface area contributed by atoms with Crippen LogP contribution in [0.4, 0.5) is 0 Å². The van der Waals surface area contributed by atoms with E-state index in [4.69, 9.17) is 11.6 Å². The molecule has 2 aromatic rings. The van der Waals surface area contributed by atoms with Crippen LogP contribution in [-0.4, -0.2) is 54.5 Å². The molecule has 1 saturated heterocycles. The highest BCUT2D eigenvalue weighted by molar-refractivity contribution is 6.44. The van der Waals surface area contributed by atoms with Crippen LogP contribution in [0.3, 0.4) is 0 Å². The van der Waals surface area contributed by atoms with Gasteiger partial charge in [0, 0.05) is 17.1 Å². The molecule has 5 nitrogen and oxygen atoms in total. The Labute approximate surface area is 176 Å². The lowest BCUT2D eigenvalue weighted by molar-refractivity contribution is -0.140. The molecule has 1 amide bonds. The molecule has 0 bridgehead atoms. The molecule has 29 heavy (non-hydrogen) atoms. The Bertz CT molecular complexity index is 907. The molecular weight excluding hydrogens is 388 g/mol. The first-order valence-electron chi connectivity index (χ1n) is 9.65. The molecule has 1 fully saturated rings. The van der Waals surface area contributed by atoms with Gasteiger partial charge in [-0.25, -0.2) is 0 Å². The average molecular weight is 413 g/mol. The zero-order valence-corrected chi connectivity index (χ0v) is 17.6. The Morgan fingerprint density at radius 1 is 1.03 bits per heavy atom. The van der Waals surface area contributed by atoms with Crippen LogP contribution in [-0.2, 0) is 9.59 Å². The van der Waals surface area contributed by atoms with Crippen LogP contribution in [0.5, 0.6) is 0 Å². The van der Waals surface area contributed by atoms with Crippen molar-refractivity contribution in [3.8, 4) is 0 Å². The van der Waals surface area contributed by atoms with Gasteiger partial charge in [0.15, 0.2) is 5.78 Å². The Morgan fingerprint density at radius 2 is 1.66 bits per heavy atom. The molecule has 0 N–H and O–H groups in total. The van der Waals surface area contributed by atoms with Gasteiger partial charge in [0.1, 0.15) is 5.92 Å². The standard InChI is InChI=1S/C23H25ClN2O3/c1-15-5-7-17(8-6-15)21(27)19-20(16-9-11-18(24)12-10-16)26(23(29)22(19)28)14-4-13-25(2)3/h5-12,19-20H,4,13-14H2,1-3H3. The van der Waals surface area contributed by atoms with E-state index in [1.807, 2.05) is 38.1 Å². The van der Waals surface area contributed by atoms with Crippen molar-refractivity contribution < 1.29 is 14.4 Å². The summed E-state index contributed by atoms with van der Waals surface area (Å²) in [5, 5.41) is 0.560. The van der Waals surface area contributed by atoms with Gasteiger partial charge in [-0.1, -0.05) is 53.6 Å². The molecule has 3 rings (SSSR count). The Kier molecular flexibility index (Phi) is 6.50. The molecule has 0 saturated carbocycles. The summed E-state index contributed by atoms with van der Waals surface area (Å²) >= 11 is 6.02. The van der Waals surface area contributed by atoms with Gasteiger partial charge in [-0.15, -0.1) is 0 Å². The van der Waals surface area contributed by atoms with E-state index in [1.54, 1.807) is 41.3 Å². The summed E-state index contributed by atoms with van der Waals surface area (Å²) in [6.07, 6.45) is 0.710. The van der Waals surface area contributed by atoms with Crippen LogP contribution >= 0.6 is 11.6 Å². The van der Waals surface area contributed by atoms with Crippen LogP contribution in [0.25, 0.3) is 0 Å². The largest absolute Gasteiger partial charge is 0.328 e. The molecule has 0 radical (unpaired) electrons. The number of nitrogens with zero attached hydrogens (tertiary/aromatic N) is 2. The van der Waals surface area contributed by atoms with Gasteiger partial charge >= 0.3 is 0 Å². The van der Waals surface area contributed by atoms with Gasteiger partial charge < -0.3 is 9.80 Å². The molecule has 152 valence electrons. The van der Waals surface area contributed by atoms with Crippen molar-refractivity contribution in [3.05, 3.63) is 70.2 Å². The van der Waals surface area contributed by atoms with Crippen LogP contribution in [0.1, 0.15) is 33.9 Å². The smallest absolute Gasteiger partial charge is 0.291 e. The fourth-order valence-corrected chi connectivity index (χ4v) is 3.84. The number of carbonyl (C=O) groups is 3. The third-order valence-corrected chi connectivity index (χ3v) is 5.49. The van der Waals surface area contributed by atoms with Crippen molar-refractivity contribution in [2.75, 3.05) is 27.2 Å². The molecule has 0 aromatic heterocycles. The fourth-order valence-electron chi connectivity index (χ4n) is 3.71. The lowest BCUT2D eigenvalue weighted by Crippen LogP contribution is -2.33. The van der Waals surface area contributed by atoms with Gasteiger partial charge in [-0.3, -0.25) is 14.4 Å². The predicted molar refractivity (Wildman–Crippen MR) is 113 cm³/mol. The van der Waals surface area contributed by atoms with E-state index in [-0.39, 0.29) is 5.78 Å². The first-order chi connectivity index (χ1) is 13.8. The normalized spacial score (nSPS) is 19.3. The molecule has 1 heterocycles. The zero-order chi connectivity index (χ0) is 21.1. The minimum atomic E-state index is -1.05. The minimum absolute atomic E-state index is 0.321. The maximum Gasteiger partial charge on any atom is 0.291 e. The van der Waals surface area contributed by atoms with E-state index in [0.29, 0.717) is 23.6 Å². The first kappa shape index (κ1) is 21.2. The second kappa shape index (κ2) is 8.89. The monoisotopic (exact) mass is 412 g/mol. The van der Waals surface area contributed by atoms with Crippen molar-refractivity contribution >= 4 is 29.1 Å². The van der Waals surface area contributed by atoms with E-state index >= 15 is 0 Å². The van der Waals surface area contributed by atoms with Crippen molar-refractivity contribution in [2.24, 2.45) is 5.92 Å². The van der Waals surface area contributed by atoms with Crippen LogP contribution in [0, 0.1) is 12.8 Å². The highest BCUT2D eigenvalue weighted by Crippen LogP contribution is 2.38. The van der Waals surface area contributed by atoms with Crippen molar-refractivity contribution in [2.45, 2.75) is 19.4 Å². The maximum absolute atomic E-state index is 13.3. The minimum Gasteiger partial charge on any atom is -0.328 e. The Morgan fingerprint density at radius 3 is 2.24 bits per heavy atom. The lowest BCUT2D eigenvalue weighted by Gasteiger charge is -2.27. The second-order valence-corrected chi connectivity index (χ2v) is 8.16. The van der Waals surface area contributed by atoms with E-state index < -0.39 is 23.7 Å². The van der Waals surface area contributed by atoms with E-state index in [2.05, 4.69) is 0 Å². The number of hydrogen-bond donors (Lipinski definition) is 0. The van der Waals surface area contributed by atoms with Gasteiger partial charge in [0.25, 0.3) is 5.91 Å². The van der Waals surface area contributed by atoms with E-state index in [0.717, 1.165) is 17.7 Å². The summed E-state index contributed by atoms with van der Waals surface area (Å²) in [4.78, 5) is 42.5. The van der Waals surface area contributed by atoms with E-state index in [9.17, 15) is 14.4 Å². The number of hydrogen-bond acceptors (Lipinski definition) is 4. The quantitative estimate of drug-likeness (QED) is 0.396. The number of Topliss-reactive ketones (excluding diaryl/α,β-unsaturated/α-hetero) is 2. The summed E-state index contributed by atoms with van der Waals surface area (Å²) in [5.74, 6) is -2.60. The Balaban J connectivity index is 1.98. The second-order valence-electron chi connectivity index (χ2n) is 7.72. The number of amides is 1. The summed E-state index contributed by atoms with van der Waals surface area (Å²) < 4.78 is 0. The summed E-state index contributed by atoms with van der Waals surface area (Å²) in [6, 6.07) is 13.5. The van der Waals surface area contributed by atoms with E-state index in [1.165, 1.54) is 0 Å². The fraction of sp³-hybridized carbons (Fsp3) is 0.348. The molecule has 2 aromatic carbocycles. The molecule has 0 spiro atoms. The number of carbonyl (C=O) groups excluding carboxylic acids is 3. The topological polar surface area (TPSA) is 57.7 Å². The first-order valence-corrected chi connectivity index (χ1v) is 10.0. The number of halogens is 1. The third kappa shape index (κ3) is 4.57. The van der Waals surface area contributed by atoms with Crippen LogP contribution in [0.15, 0.2) is 48.5 Å². The number of aryl methyl sites for hydroxylation is 1. The molecular formula is C23H25ClN2O3. The van der Waals surface area contributed by atoms with Crippen molar-refractivity contribution in [1.29, 1.82) is 0 Å². The summed E-state index contributed by atoms with van der Waals surface area (Å²) in [6.45, 7) is 3.12. The predicted octanol–water partition coefficient (Wildman–Crippen LogP) is 3.55. The molecule has 1 aliphatic rings. The molecule has 1 aliphatic heterocycles. The van der Waals surface area contributed by atoms with Gasteiger partial charge in [-0.2, -0.15) is 0 Å². The van der Waals surface area contributed by atoms with Crippen LogP contribution in [0.2, 0.25) is 5.02 Å². The van der Waals surface area contributed by atoms with Gasteiger partial charge in [0.2, 0.25) is 5.78 Å². The molecule has 0 aliphatic carbocycles. The number of rotatable bonds is 7. The average Bonchev–Trinajstić information content (AvgIpc) is 2.93. The highest BCUT2D eigenvalue weighted by Gasteiger charge is 2.51. The van der Waals surface area contributed by atoms with Gasteiger partial charge in [0.05, 0.1) is 6.04 Å². The molecule has 2 unspecified atom stereocenters. The summed E-state index contributed by atoms with van der Waals surface area (Å²) in [5.41, 5.74) is 2.20. The zero-order valence-electron chi connectivity index (χ0n) is 16.9. The SMILES string of the molecule is Cc1ccc(C(=O)C2C(=O)C(=O)N(CCCN(C)C)C2c2ccc(Cl)cc2)cc1. The maximum atomic E-state index is 13.3. The summed E-state index contributed by atoms with van der Waals surface area (Å²) in [7, 11) is 3.91. The van der Waals surface area contributed by atoms with Crippen LogP contribution < -0.4 is 0 Å². The number of benzene rings is 2. The van der Waals surface area contributed by atoms with Crippen molar-refractivity contribution in [3.63, 3.8) is 0 Å². The third-order valence-electron chi connectivity index (χ3n) is 5.24. The highest BCUT2D eigenvalue weighted by atomic mass is 35.5. The van der Waals surface area contributed by atoms with Gasteiger partial charge in [-0.05, 0) is 51.7 Å². The number of likely N-dealkylation sites (tertiary alicyclic amines) is 1. The van der Waals surface area contributed by atoms with Crippen molar-refractivity contribution in [1.82, 2.24) is 9.80 Å².